The Hall–Kier alpha value is -2.67. The first-order valence-corrected chi connectivity index (χ1v) is 10.0. The predicted molar refractivity (Wildman–Crippen MR) is 99.5 cm³/mol. The Morgan fingerprint density at radius 2 is 1.81 bits per heavy atom. The zero-order chi connectivity index (χ0) is 18.1. The van der Waals surface area contributed by atoms with Gasteiger partial charge in [0.2, 0.25) is 5.91 Å². The molecule has 0 saturated carbocycles. The molecule has 6 nitrogen and oxygen atoms in total. The summed E-state index contributed by atoms with van der Waals surface area (Å²) in [5, 5.41) is 2.93. The average molecular weight is 369 g/mol. The number of carbonyl (C=O) groups excluding carboxylic acids is 1. The molecule has 0 aromatic heterocycles. The third-order valence-electron chi connectivity index (χ3n) is 4.75. The fourth-order valence-electron chi connectivity index (χ4n) is 3.47. The zero-order valence-electron chi connectivity index (χ0n) is 14.1. The molecule has 1 atom stereocenters. The van der Waals surface area contributed by atoms with Crippen molar-refractivity contribution in [3.05, 3.63) is 60.2 Å². The first-order chi connectivity index (χ1) is 12.5. The van der Waals surface area contributed by atoms with Gasteiger partial charge in [-0.1, -0.05) is 30.3 Å². The number of benzene rings is 2. The van der Waals surface area contributed by atoms with Gasteiger partial charge in [0, 0.05) is 24.3 Å². The summed E-state index contributed by atoms with van der Waals surface area (Å²) in [6.07, 6.45) is 1.59. The molecule has 2 aliphatic rings. The zero-order valence-corrected chi connectivity index (χ0v) is 14.9. The van der Waals surface area contributed by atoms with Crippen LogP contribution in [0, 0.1) is 5.92 Å². The summed E-state index contributed by atoms with van der Waals surface area (Å²) in [7, 11) is -3.64. The van der Waals surface area contributed by atoms with Crippen LogP contribution in [0.5, 0.6) is 0 Å². The topological polar surface area (TPSA) is 78.8 Å². The van der Waals surface area contributed by atoms with E-state index < -0.39 is 10.0 Å². The van der Waals surface area contributed by atoms with Crippen molar-refractivity contribution in [2.75, 3.05) is 18.4 Å². The highest BCUT2D eigenvalue weighted by Gasteiger charge is 2.35. The highest BCUT2D eigenvalue weighted by atomic mass is 32.2. The summed E-state index contributed by atoms with van der Waals surface area (Å²) in [6.45, 7) is 1.15. The van der Waals surface area contributed by atoms with E-state index in [1.807, 2.05) is 35.2 Å². The Morgan fingerprint density at radius 1 is 1.08 bits per heavy atom. The van der Waals surface area contributed by atoms with Crippen molar-refractivity contribution in [3.8, 4) is 0 Å². The minimum atomic E-state index is -3.64. The molecule has 2 heterocycles. The minimum Gasteiger partial charge on any atom is -0.355 e. The van der Waals surface area contributed by atoms with E-state index in [-0.39, 0.29) is 16.7 Å². The van der Waals surface area contributed by atoms with E-state index in [0.29, 0.717) is 24.5 Å². The molecule has 1 fully saturated rings. The molecule has 26 heavy (non-hydrogen) atoms. The highest BCUT2D eigenvalue weighted by molar-refractivity contribution is 7.90. The number of rotatable bonds is 2. The summed E-state index contributed by atoms with van der Waals surface area (Å²) in [4.78, 5) is 14.8. The summed E-state index contributed by atoms with van der Waals surface area (Å²) in [6, 6.07) is 16.2. The van der Waals surface area contributed by atoms with Crippen LogP contribution in [-0.2, 0) is 14.8 Å². The number of hydrogen-bond donors (Lipinski definition) is 1. The van der Waals surface area contributed by atoms with Gasteiger partial charge in [-0.25, -0.2) is 0 Å². The normalized spacial score (nSPS) is 21.0. The smallest absolute Gasteiger partial charge is 0.285 e. The number of amides is 1. The summed E-state index contributed by atoms with van der Waals surface area (Å²) in [5.74, 6) is 0.204. The van der Waals surface area contributed by atoms with Crippen LogP contribution in [0.3, 0.4) is 0 Å². The van der Waals surface area contributed by atoms with E-state index in [4.69, 9.17) is 0 Å². The quantitative estimate of drug-likeness (QED) is 0.882. The van der Waals surface area contributed by atoms with Gasteiger partial charge in [-0.05, 0) is 37.1 Å². The van der Waals surface area contributed by atoms with Gasteiger partial charge in [-0.15, -0.1) is 4.40 Å². The first kappa shape index (κ1) is 16.8. The van der Waals surface area contributed by atoms with Gasteiger partial charge in [0.05, 0.1) is 5.92 Å². The second-order valence-electron chi connectivity index (χ2n) is 6.53. The van der Waals surface area contributed by atoms with Crippen molar-refractivity contribution in [1.29, 1.82) is 0 Å². The Morgan fingerprint density at radius 3 is 2.62 bits per heavy atom. The third kappa shape index (κ3) is 3.10. The summed E-state index contributed by atoms with van der Waals surface area (Å²) >= 11 is 0. The first-order valence-electron chi connectivity index (χ1n) is 8.60. The Kier molecular flexibility index (Phi) is 4.24. The fraction of sp³-hybridized carbons (Fsp3) is 0.263. The van der Waals surface area contributed by atoms with Gasteiger partial charge in [0.1, 0.15) is 4.90 Å². The number of nitrogens with zero attached hydrogens (tertiary/aromatic N) is 2. The number of para-hydroxylation sites is 1. The van der Waals surface area contributed by atoms with Gasteiger partial charge in [0.15, 0.2) is 5.84 Å². The molecule has 1 N–H and O–H groups in total. The highest BCUT2D eigenvalue weighted by Crippen LogP contribution is 2.30. The fourth-order valence-corrected chi connectivity index (χ4v) is 4.69. The second-order valence-corrected chi connectivity index (χ2v) is 8.10. The maximum absolute atomic E-state index is 12.6. The molecule has 1 unspecified atom stereocenters. The molecule has 1 saturated heterocycles. The minimum absolute atomic E-state index is 0.0457. The number of sulfonamides is 1. The van der Waals surface area contributed by atoms with Crippen molar-refractivity contribution in [1.82, 2.24) is 4.90 Å². The van der Waals surface area contributed by atoms with E-state index >= 15 is 0 Å². The molecule has 0 spiro atoms. The lowest BCUT2D eigenvalue weighted by atomic mass is 9.96. The summed E-state index contributed by atoms with van der Waals surface area (Å²) in [5.41, 5.74) is 1.39. The van der Waals surface area contributed by atoms with Crippen molar-refractivity contribution < 1.29 is 13.2 Å². The van der Waals surface area contributed by atoms with Crippen LogP contribution < -0.4 is 5.32 Å². The molecule has 7 heteroatoms. The molecule has 4 rings (SSSR count). The molecule has 0 radical (unpaired) electrons. The van der Waals surface area contributed by atoms with Crippen LogP contribution in [0.1, 0.15) is 18.4 Å². The van der Waals surface area contributed by atoms with Crippen LogP contribution in [0.25, 0.3) is 0 Å². The van der Waals surface area contributed by atoms with Crippen LogP contribution in [0.15, 0.2) is 63.9 Å². The van der Waals surface area contributed by atoms with Gasteiger partial charge in [0.25, 0.3) is 10.0 Å². The lowest BCUT2D eigenvalue weighted by Crippen LogP contribution is -2.43. The largest absolute Gasteiger partial charge is 0.355 e. The van der Waals surface area contributed by atoms with Crippen LogP contribution in [0.4, 0.5) is 5.69 Å². The number of piperidine rings is 1. The second kappa shape index (κ2) is 6.57. The predicted octanol–water partition coefficient (Wildman–Crippen LogP) is 2.49. The van der Waals surface area contributed by atoms with E-state index in [1.165, 1.54) is 0 Å². The van der Waals surface area contributed by atoms with Crippen molar-refractivity contribution in [2.24, 2.45) is 10.3 Å². The number of hydrogen-bond acceptors (Lipinski definition) is 4. The van der Waals surface area contributed by atoms with Crippen molar-refractivity contribution >= 4 is 27.5 Å². The lowest BCUT2D eigenvalue weighted by Gasteiger charge is -2.33. The molecule has 0 bridgehead atoms. The molecular weight excluding hydrogens is 350 g/mol. The average Bonchev–Trinajstić information content (AvgIpc) is 2.94. The standard InChI is InChI=1S/C19H19N3O3S/c23-19(20-15-8-2-1-3-9-15)14-7-6-12-22(13-14)18-16-10-4-5-11-17(16)26(24,25)21-18/h1-5,8-11,14H,6-7,12-13H2,(H,20,23). The third-order valence-corrected chi connectivity index (χ3v) is 6.07. The maximum Gasteiger partial charge on any atom is 0.285 e. The number of nitrogens with one attached hydrogen (secondary N) is 1. The van der Waals surface area contributed by atoms with Gasteiger partial charge in [-0.2, -0.15) is 8.42 Å². The van der Waals surface area contributed by atoms with Gasteiger partial charge >= 0.3 is 0 Å². The van der Waals surface area contributed by atoms with Crippen LogP contribution >= 0.6 is 0 Å². The summed E-state index contributed by atoms with van der Waals surface area (Å²) < 4.78 is 28.5. The Labute approximate surface area is 152 Å². The number of anilines is 1. The molecule has 0 aliphatic carbocycles. The monoisotopic (exact) mass is 369 g/mol. The maximum atomic E-state index is 12.6. The van der Waals surface area contributed by atoms with E-state index in [0.717, 1.165) is 18.5 Å². The lowest BCUT2D eigenvalue weighted by molar-refractivity contribution is -0.121. The molecule has 2 aliphatic heterocycles. The SMILES string of the molecule is O=C(Nc1ccccc1)C1CCCN(C2=NS(=O)(=O)c3ccccc32)C1. The Bertz CT molecular complexity index is 971. The van der Waals surface area contributed by atoms with Crippen molar-refractivity contribution in [3.63, 3.8) is 0 Å². The van der Waals surface area contributed by atoms with Crippen molar-refractivity contribution in [2.45, 2.75) is 17.7 Å². The van der Waals surface area contributed by atoms with Crippen LogP contribution in [0.2, 0.25) is 0 Å². The van der Waals surface area contributed by atoms with E-state index in [1.54, 1.807) is 24.3 Å². The number of likely N-dealkylation sites (tertiary alicyclic amines) is 1. The van der Waals surface area contributed by atoms with Gasteiger partial charge in [-0.3, -0.25) is 4.79 Å². The van der Waals surface area contributed by atoms with E-state index in [2.05, 4.69) is 9.71 Å². The Balaban J connectivity index is 1.54. The number of fused-ring (bicyclic) bond motifs is 1. The van der Waals surface area contributed by atoms with Gasteiger partial charge < -0.3 is 10.2 Å². The number of carbonyl (C=O) groups is 1. The molecule has 134 valence electrons. The number of amidine groups is 1. The molecule has 2 aromatic carbocycles. The van der Waals surface area contributed by atoms with Crippen LogP contribution in [-0.4, -0.2) is 38.2 Å². The molecule has 1 amide bonds. The molecular formula is C19H19N3O3S. The molecule has 2 aromatic rings. The van der Waals surface area contributed by atoms with E-state index in [9.17, 15) is 13.2 Å².